The van der Waals surface area contributed by atoms with Crippen LogP contribution in [0.2, 0.25) is 0 Å². The minimum Gasteiger partial charge on any atom is -0.368 e. The van der Waals surface area contributed by atoms with E-state index in [-0.39, 0.29) is 0 Å². The van der Waals surface area contributed by atoms with E-state index >= 15 is 0 Å². The molecule has 1 aliphatic rings. The zero-order valence-corrected chi connectivity index (χ0v) is 11.5. The molecule has 18 heavy (non-hydrogen) atoms. The molecule has 0 aromatic carbocycles. The summed E-state index contributed by atoms with van der Waals surface area (Å²) < 4.78 is 0. The van der Waals surface area contributed by atoms with Crippen LogP contribution in [0.1, 0.15) is 25.8 Å². The maximum absolute atomic E-state index is 5.80. The molecule has 0 aliphatic carbocycles. The summed E-state index contributed by atoms with van der Waals surface area (Å²) in [6, 6.07) is 2.70. The molecule has 1 aromatic heterocycles. The molecule has 0 spiro atoms. The first-order chi connectivity index (χ1) is 8.80. The first-order valence-electron chi connectivity index (χ1n) is 6.92. The van der Waals surface area contributed by atoms with Gasteiger partial charge in [-0.1, -0.05) is 13.8 Å². The highest BCUT2D eigenvalue weighted by Crippen LogP contribution is 2.25. The summed E-state index contributed by atoms with van der Waals surface area (Å²) in [5.74, 6) is 0. The fraction of sp³-hybridized carbons (Fsp3) is 0.643. The van der Waals surface area contributed by atoms with E-state index in [1.54, 1.807) is 0 Å². The Labute approximate surface area is 110 Å². The molecular weight excluding hydrogens is 224 g/mol. The van der Waals surface area contributed by atoms with Crippen molar-refractivity contribution in [2.24, 2.45) is 5.73 Å². The zero-order valence-electron chi connectivity index (χ0n) is 11.5. The smallest absolute Gasteiger partial charge is 0.0598 e. The highest BCUT2D eigenvalue weighted by Gasteiger charge is 2.27. The Balaban J connectivity index is 2.08. The molecule has 2 N–H and O–H groups in total. The van der Waals surface area contributed by atoms with Crippen molar-refractivity contribution in [1.82, 2.24) is 9.88 Å². The van der Waals surface area contributed by atoms with Crippen LogP contribution in [0.25, 0.3) is 0 Å². The van der Waals surface area contributed by atoms with Crippen LogP contribution in [0, 0.1) is 0 Å². The van der Waals surface area contributed by atoms with Gasteiger partial charge >= 0.3 is 0 Å². The van der Waals surface area contributed by atoms with Crippen LogP contribution in [0.4, 0.5) is 5.69 Å². The fourth-order valence-corrected chi connectivity index (χ4v) is 2.87. The van der Waals surface area contributed by atoms with Gasteiger partial charge in [0.05, 0.1) is 11.9 Å². The van der Waals surface area contributed by atoms with Gasteiger partial charge in [-0.2, -0.15) is 0 Å². The monoisotopic (exact) mass is 248 g/mol. The summed E-state index contributed by atoms with van der Waals surface area (Å²) in [7, 11) is 0. The third-order valence-electron chi connectivity index (χ3n) is 3.94. The average Bonchev–Trinajstić information content (AvgIpc) is 2.89. The standard InChI is InChI=1S/C14H24N4/c1-3-17(4-2)13-6-8-18(11-13)14-10-16-7-5-12(14)9-15/h5,7,10,13H,3-4,6,8-9,11,15H2,1-2H3. The van der Waals surface area contributed by atoms with Crippen molar-refractivity contribution < 1.29 is 0 Å². The number of hydrogen-bond acceptors (Lipinski definition) is 4. The molecule has 1 aliphatic heterocycles. The number of pyridine rings is 1. The Morgan fingerprint density at radius 3 is 2.89 bits per heavy atom. The molecule has 0 bridgehead atoms. The van der Waals surface area contributed by atoms with E-state index in [9.17, 15) is 0 Å². The highest BCUT2D eigenvalue weighted by molar-refractivity contribution is 5.52. The van der Waals surface area contributed by atoms with Gasteiger partial charge in [0.15, 0.2) is 0 Å². The molecule has 0 saturated carbocycles. The normalized spacial score (nSPS) is 19.8. The van der Waals surface area contributed by atoms with Crippen molar-refractivity contribution in [3.8, 4) is 0 Å². The van der Waals surface area contributed by atoms with E-state index in [2.05, 4.69) is 28.6 Å². The quantitative estimate of drug-likeness (QED) is 0.857. The van der Waals surface area contributed by atoms with E-state index in [0.29, 0.717) is 12.6 Å². The molecule has 1 aromatic rings. The van der Waals surface area contributed by atoms with E-state index < -0.39 is 0 Å². The van der Waals surface area contributed by atoms with E-state index in [4.69, 9.17) is 5.73 Å². The fourth-order valence-electron chi connectivity index (χ4n) is 2.87. The minimum atomic E-state index is 0.588. The molecule has 1 saturated heterocycles. The number of nitrogens with two attached hydrogens (primary N) is 1. The molecule has 100 valence electrons. The number of rotatable bonds is 5. The van der Waals surface area contributed by atoms with Crippen LogP contribution in [0.5, 0.6) is 0 Å². The summed E-state index contributed by atoms with van der Waals surface area (Å²) >= 11 is 0. The molecule has 2 rings (SSSR count). The second-order valence-electron chi connectivity index (χ2n) is 4.82. The Hall–Kier alpha value is -1.13. The van der Waals surface area contributed by atoms with Gasteiger partial charge in [0.25, 0.3) is 0 Å². The first kappa shape index (κ1) is 13.3. The Bertz CT molecular complexity index is 376. The van der Waals surface area contributed by atoms with Crippen molar-refractivity contribution in [3.63, 3.8) is 0 Å². The van der Waals surface area contributed by atoms with Crippen LogP contribution < -0.4 is 10.6 Å². The molecule has 2 heterocycles. The minimum absolute atomic E-state index is 0.588. The van der Waals surface area contributed by atoms with Crippen LogP contribution in [-0.4, -0.2) is 42.1 Å². The molecule has 1 atom stereocenters. The van der Waals surface area contributed by atoms with Crippen molar-refractivity contribution in [1.29, 1.82) is 0 Å². The summed E-state index contributed by atoms with van der Waals surface area (Å²) in [5, 5.41) is 0. The lowest BCUT2D eigenvalue weighted by molar-refractivity contribution is 0.232. The van der Waals surface area contributed by atoms with Crippen LogP contribution in [0.3, 0.4) is 0 Å². The summed E-state index contributed by atoms with van der Waals surface area (Å²) in [4.78, 5) is 9.21. The van der Waals surface area contributed by atoms with Crippen molar-refractivity contribution in [2.75, 3.05) is 31.1 Å². The number of nitrogens with zero attached hydrogens (tertiary/aromatic N) is 3. The van der Waals surface area contributed by atoms with Crippen LogP contribution in [-0.2, 0) is 6.54 Å². The summed E-state index contributed by atoms with van der Waals surface area (Å²) in [6.07, 6.45) is 5.01. The van der Waals surface area contributed by atoms with E-state index in [1.807, 2.05) is 18.5 Å². The van der Waals surface area contributed by atoms with Gasteiger partial charge in [-0.15, -0.1) is 0 Å². The highest BCUT2D eigenvalue weighted by atomic mass is 15.3. The van der Waals surface area contributed by atoms with Gasteiger partial charge in [-0.3, -0.25) is 9.88 Å². The average molecular weight is 248 g/mol. The largest absolute Gasteiger partial charge is 0.368 e. The van der Waals surface area contributed by atoms with Crippen LogP contribution in [0.15, 0.2) is 18.5 Å². The van der Waals surface area contributed by atoms with Gasteiger partial charge in [-0.05, 0) is 31.1 Å². The number of anilines is 1. The Morgan fingerprint density at radius 1 is 1.44 bits per heavy atom. The molecule has 4 heteroatoms. The van der Waals surface area contributed by atoms with Crippen molar-refractivity contribution in [3.05, 3.63) is 24.0 Å². The van der Waals surface area contributed by atoms with E-state index in [1.165, 1.54) is 17.7 Å². The third-order valence-corrected chi connectivity index (χ3v) is 3.94. The molecule has 1 fully saturated rings. The van der Waals surface area contributed by atoms with Gasteiger partial charge in [0, 0.05) is 31.9 Å². The maximum Gasteiger partial charge on any atom is 0.0598 e. The number of hydrogen-bond donors (Lipinski definition) is 1. The molecule has 4 nitrogen and oxygen atoms in total. The van der Waals surface area contributed by atoms with E-state index in [0.717, 1.165) is 26.2 Å². The maximum atomic E-state index is 5.80. The zero-order chi connectivity index (χ0) is 13.0. The molecule has 1 unspecified atom stereocenters. The predicted molar refractivity (Wildman–Crippen MR) is 75.7 cm³/mol. The second kappa shape index (κ2) is 6.16. The van der Waals surface area contributed by atoms with Crippen molar-refractivity contribution in [2.45, 2.75) is 32.9 Å². The lowest BCUT2D eigenvalue weighted by atomic mass is 10.2. The van der Waals surface area contributed by atoms with Gasteiger partial charge in [0.1, 0.15) is 0 Å². The van der Waals surface area contributed by atoms with Crippen LogP contribution >= 0.6 is 0 Å². The lowest BCUT2D eigenvalue weighted by Crippen LogP contribution is -2.37. The Morgan fingerprint density at radius 2 is 2.22 bits per heavy atom. The summed E-state index contributed by atoms with van der Waals surface area (Å²) in [5.41, 5.74) is 8.22. The summed E-state index contributed by atoms with van der Waals surface area (Å²) in [6.45, 7) is 9.53. The first-order valence-corrected chi connectivity index (χ1v) is 6.92. The molecule has 0 radical (unpaired) electrons. The van der Waals surface area contributed by atoms with Gasteiger partial charge < -0.3 is 10.6 Å². The SMILES string of the molecule is CCN(CC)C1CCN(c2cnccc2CN)C1. The van der Waals surface area contributed by atoms with Gasteiger partial charge in [-0.25, -0.2) is 0 Å². The Kier molecular flexibility index (Phi) is 4.55. The lowest BCUT2D eigenvalue weighted by Gasteiger charge is -2.27. The predicted octanol–water partition coefficient (Wildman–Crippen LogP) is 1.46. The topological polar surface area (TPSA) is 45.4 Å². The van der Waals surface area contributed by atoms with Crippen molar-refractivity contribution >= 4 is 5.69 Å². The third kappa shape index (κ3) is 2.65. The molecular formula is C14H24N4. The number of likely N-dealkylation sites (N-methyl/N-ethyl adjacent to an activating group) is 1. The van der Waals surface area contributed by atoms with Gasteiger partial charge in [0.2, 0.25) is 0 Å². The second-order valence-corrected chi connectivity index (χ2v) is 4.82. The molecule has 0 amide bonds. The number of aromatic nitrogens is 1.